The molecule has 1 aromatic heterocycles. The van der Waals surface area contributed by atoms with Gasteiger partial charge in [0.2, 0.25) is 17.8 Å². The molecule has 0 bridgehead atoms. The minimum absolute atomic E-state index is 0.109. The molecule has 0 unspecified atom stereocenters. The molecule has 1 amide bonds. The minimum Gasteiger partial charge on any atom is -0.310 e. The molecule has 1 heterocycles. The van der Waals surface area contributed by atoms with Gasteiger partial charge >= 0.3 is 0 Å². The van der Waals surface area contributed by atoms with Gasteiger partial charge in [-0.15, -0.1) is 0 Å². The SMILES string of the molecule is O=C(Nc1cccc(F)n1)C1CCC(F)(F)CC1. The van der Waals surface area contributed by atoms with E-state index >= 15 is 0 Å². The van der Waals surface area contributed by atoms with Crippen molar-refractivity contribution in [3.05, 3.63) is 24.1 Å². The zero-order valence-corrected chi connectivity index (χ0v) is 9.63. The summed E-state index contributed by atoms with van der Waals surface area (Å²) in [6.45, 7) is 0. The molecule has 18 heavy (non-hydrogen) atoms. The molecular formula is C12H13F3N2O. The van der Waals surface area contributed by atoms with E-state index in [1.165, 1.54) is 12.1 Å². The Balaban J connectivity index is 1.93. The lowest BCUT2D eigenvalue weighted by Gasteiger charge is -2.27. The van der Waals surface area contributed by atoms with Crippen LogP contribution in [-0.2, 0) is 4.79 Å². The molecule has 0 spiro atoms. The zero-order chi connectivity index (χ0) is 13.2. The van der Waals surface area contributed by atoms with Gasteiger partial charge in [0.15, 0.2) is 0 Å². The van der Waals surface area contributed by atoms with Crippen molar-refractivity contribution >= 4 is 11.7 Å². The Hall–Kier alpha value is -1.59. The number of hydrogen-bond donors (Lipinski definition) is 1. The smallest absolute Gasteiger partial charge is 0.248 e. The van der Waals surface area contributed by atoms with Crippen molar-refractivity contribution in [1.29, 1.82) is 0 Å². The average Bonchev–Trinajstić information content (AvgIpc) is 2.28. The van der Waals surface area contributed by atoms with E-state index in [2.05, 4.69) is 10.3 Å². The Bertz CT molecular complexity index is 441. The molecule has 0 atom stereocenters. The lowest BCUT2D eigenvalue weighted by Crippen LogP contribution is -2.32. The molecule has 98 valence electrons. The van der Waals surface area contributed by atoms with Gasteiger partial charge in [-0.25, -0.2) is 13.8 Å². The summed E-state index contributed by atoms with van der Waals surface area (Å²) in [6, 6.07) is 4.04. The van der Waals surface area contributed by atoms with Crippen molar-refractivity contribution in [2.45, 2.75) is 31.6 Å². The van der Waals surface area contributed by atoms with Crippen LogP contribution in [0, 0.1) is 11.9 Å². The molecule has 6 heteroatoms. The fourth-order valence-electron chi connectivity index (χ4n) is 2.01. The topological polar surface area (TPSA) is 42.0 Å². The van der Waals surface area contributed by atoms with Crippen LogP contribution in [0.3, 0.4) is 0 Å². The van der Waals surface area contributed by atoms with Crippen LogP contribution in [-0.4, -0.2) is 16.8 Å². The first-order chi connectivity index (χ1) is 8.46. The van der Waals surface area contributed by atoms with Gasteiger partial charge in [0.1, 0.15) is 5.82 Å². The fourth-order valence-corrected chi connectivity index (χ4v) is 2.01. The van der Waals surface area contributed by atoms with Crippen LogP contribution in [0.1, 0.15) is 25.7 Å². The summed E-state index contributed by atoms with van der Waals surface area (Å²) >= 11 is 0. The lowest BCUT2D eigenvalue weighted by molar-refractivity contribution is -0.124. The monoisotopic (exact) mass is 258 g/mol. The molecular weight excluding hydrogens is 245 g/mol. The second kappa shape index (κ2) is 4.96. The van der Waals surface area contributed by atoms with Crippen LogP contribution in [0.5, 0.6) is 0 Å². The summed E-state index contributed by atoms with van der Waals surface area (Å²) in [4.78, 5) is 15.3. The van der Waals surface area contributed by atoms with E-state index < -0.39 is 17.8 Å². The first-order valence-corrected chi connectivity index (χ1v) is 5.77. The maximum Gasteiger partial charge on any atom is 0.248 e. The standard InChI is InChI=1S/C12H13F3N2O/c13-9-2-1-3-10(16-9)17-11(18)8-4-6-12(14,15)7-5-8/h1-3,8H,4-7H2,(H,16,17,18). The van der Waals surface area contributed by atoms with Gasteiger partial charge < -0.3 is 5.32 Å². The van der Waals surface area contributed by atoms with Crippen molar-refractivity contribution in [3.63, 3.8) is 0 Å². The molecule has 1 N–H and O–H groups in total. The number of nitrogens with one attached hydrogen (secondary N) is 1. The van der Waals surface area contributed by atoms with Crippen LogP contribution >= 0.6 is 0 Å². The van der Waals surface area contributed by atoms with Crippen molar-refractivity contribution in [3.8, 4) is 0 Å². The summed E-state index contributed by atoms with van der Waals surface area (Å²) < 4.78 is 38.7. The number of nitrogens with zero attached hydrogens (tertiary/aromatic N) is 1. The van der Waals surface area contributed by atoms with E-state index in [1.807, 2.05) is 0 Å². The number of halogens is 3. The Kier molecular flexibility index (Phi) is 3.54. The lowest BCUT2D eigenvalue weighted by atomic mass is 9.86. The molecule has 1 aliphatic rings. The van der Waals surface area contributed by atoms with E-state index in [0.29, 0.717) is 0 Å². The summed E-state index contributed by atoms with van der Waals surface area (Å²) in [5, 5.41) is 2.44. The molecule has 3 nitrogen and oxygen atoms in total. The van der Waals surface area contributed by atoms with Gasteiger partial charge in [-0.05, 0) is 25.0 Å². The highest BCUT2D eigenvalue weighted by molar-refractivity contribution is 5.91. The Labute approximate surface area is 102 Å². The maximum absolute atomic E-state index is 12.9. The highest BCUT2D eigenvalue weighted by Crippen LogP contribution is 2.36. The first kappa shape index (κ1) is 12.9. The second-order valence-corrected chi connectivity index (χ2v) is 4.47. The quantitative estimate of drug-likeness (QED) is 0.828. The van der Waals surface area contributed by atoms with Crippen LogP contribution in [0.25, 0.3) is 0 Å². The third kappa shape index (κ3) is 3.21. The number of aromatic nitrogens is 1. The third-order valence-electron chi connectivity index (χ3n) is 3.05. The van der Waals surface area contributed by atoms with Crippen LogP contribution in [0.15, 0.2) is 18.2 Å². The highest BCUT2D eigenvalue weighted by Gasteiger charge is 2.37. The van der Waals surface area contributed by atoms with Crippen LogP contribution in [0.4, 0.5) is 19.0 Å². The highest BCUT2D eigenvalue weighted by atomic mass is 19.3. The molecule has 0 radical (unpaired) electrons. The van der Waals surface area contributed by atoms with Crippen molar-refractivity contribution in [2.24, 2.45) is 5.92 Å². The molecule has 0 aromatic carbocycles. The number of amides is 1. The maximum atomic E-state index is 12.9. The number of hydrogen-bond acceptors (Lipinski definition) is 2. The van der Waals surface area contributed by atoms with Gasteiger partial charge in [0.25, 0.3) is 0 Å². The Morgan fingerprint density at radius 3 is 2.61 bits per heavy atom. The minimum atomic E-state index is -2.66. The van der Waals surface area contributed by atoms with Gasteiger partial charge in [-0.1, -0.05) is 6.07 Å². The molecule has 1 aromatic rings. The third-order valence-corrected chi connectivity index (χ3v) is 3.05. The normalized spacial score (nSPS) is 19.5. The van der Waals surface area contributed by atoms with E-state index in [9.17, 15) is 18.0 Å². The molecule has 1 aliphatic carbocycles. The number of rotatable bonds is 2. The number of anilines is 1. The number of alkyl halides is 2. The van der Waals surface area contributed by atoms with Crippen molar-refractivity contribution in [2.75, 3.05) is 5.32 Å². The van der Waals surface area contributed by atoms with Crippen LogP contribution < -0.4 is 5.32 Å². The number of carbonyl (C=O) groups is 1. The first-order valence-electron chi connectivity index (χ1n) is 5.77. The molecule has 2 rings (SSSR count). The largest absolute Gasteiger partial charge is 0.310 e. The summed E-state index contributed by atoms with van der Waals surface area (Å²) in [7, 11) is 0. The van der Waals surface area contributed by atoms with Gasteiger partial charge in [0.05, 0.1) is 0 Å². The molecule has 0 aliphatic heterocycles. The fraction of sp³-hybridized carbons (Fsp3) is 0.500. The van der Waals surface area contributed by atoms with E-state index in [-0.39, 0.29) is 37.4 Å². The Morgan fingerprint density at radius 1 is 1.33 bits per heavy atom. The van der Waals surface area contributed by atoms with Gasteiger partial charge in [0, 0.05) is 18.8 Å². The van der Waals surface area contributed by atoms with Crippen LogP contribution in [0.2, 0.25) is 0 Å². The average molecular weight is 258 g/mol. The van der Waals surface area contributed by atoms with Gasteiger partial charge in [-0.2, -0.15) is 4.39 Å². The molecule has 1 saturated carbocycles. The zero-order valence-electron chi connectivity index (χ0n) is 9.63. The van der Waals surface area contributed by atoms with Crippen molar-refractivity contribution < 1.29 is 18.0 Å². The van der Waals surface area contributed by atoms with Gasteiger partial charge in [-0.3, -0.25) is 4.79 Å². The number of pyridine rings is 1. The predicted octanol–water partition coefficient (Wildman–Crippen LogP) is 2.98. The summed E-state index contributed by atoms with van der Waals surface area (Å²) in [5.74, 6) is -4.06. The van der Waals surface area contributed by atoms with Crippen molar-refractivity contribution in [1.82, 2.24) is 4.98 Å². The van der Waals surface area contributed by atoms with E-state index in [1.54, 1.807) is 0 Å². The molecule has 1 fully saturated rings. The Morgan fingerprint density at radius 2 is 2.00 bits per heavy atom. The van der Waals surface area contributed by atoms with E-state index in [0.717, 1.165) is 6.07 Å². The molecule has 0 saturated heterocycles. The van der Waals surface area contributed by atoms with E-state index in [4.69, 9.17) is 0 Å². The predicted molar refractivity (Wildman–Crippen MR) is 59.7 cm³/mol. The summed E-state index contributed by atoms with van der Waals surface area (Å²) in [6.07, 6.45) is -0.258. The number of carbonyl (C=O) groups excluding carboxylic acids is 1. The second-order valence-electron chi connectivity index (χ2n) is 4.47. The summed E-state index contributed by atoms with van der Waals surface area (Å²) in [5.41, 5.74) is 0.